The molecule has 0 radical (unpaired) electrons. The molecule has 1 aromatic rings. The van der Waals surface area contributed by atoms with Crippen LogP contribution in [0, 0.1) is 0 Å². The monoisotopic (exact) mass is 194 g/mol. The Kier molecular flexibility index (Phi) is 2.52. The van der Waals surface area contributed by atoms with E-state index in [1.54, 1.807) is 6.20 Å². The van der Waals surface area contributed by atoms with Crippen molar-refractivity contribution in [2.45, 2.75) is 38.1 Å². The summed E-state index contributed by atoms with van der Waals surface area (Å²) in [6, 6.07) is 2.01. The lowest BCUT2D eigenvalue weighted by Crippen LogP contribution is -2.16. The van der Waals surface area contributed by atoms with Gasteiger partial charge in [0.15, 0.2) is 0 Å². The summed E-state index contributed by atoms with van der Waals surface area (Å²) in [6.45, 7) is 0.978. The number of carbonyl (C=O) groups is 1. The zero-order chi connectivity index (χ0) is 9.97. The molecule has 0 saturated heterocycles. The lowest BCUT2D eigenvalue weighted by molar-refractivity contribution is -0.137. The van der Waals surface area contributed by atoms with Gasteiger partial charge in [-0.3, -0.25) is 9.48 Å². The zero-order valence-corrected chi connectivity index (χ0v) is 8.02. The Balaban J connectivity index is 2.05. The number of carboxylic acid groups (broad SMARTS) is 1. The summed E-state index contributed by atoms with van der Waals surface area (Å²) in [6.07, 6.45) is 5.00. The van der Waals surface area contributed by atoms with Gasteiger partial charge in [-0.05, 0) is 25.3 Å². The lowest BCUT2D eigenvalue weighted by atomic mass is 9.92. The van der Waals surface area contributed by atoms with Crippen molar-refractivity contribution in [1.29, 1.82) is 0 Å². The molecule has 0 saturated carbocycles. The van der Waals surface area contributed by atoms with E-state index in [4.69, 9.17) is 5.11 Å². The molecule has 1 aromatic heterocycles. The molecule has 0 amide bonds. The van der Waals surface area contributed by atoms with E-state index >= 15 is 0 Å². The highest BCUT2D eigenvalue weighted by Crippen LogP contribution is 2.30. The van der Waals surface area contributed by atoms with Gasteiger partial charge in [-0.2, -0.15) is 5.10 Å². The van der Waals surface area contributed by atoms with E-state index in [1.165, 1.54) is 5.69 Å². The molecule has 1 aliphatic rings. The van der Waals surface area contributed by atoms with E-state index in [0.717, 1.165) is 25.8 Å². The normalized spacial score (nSPS) is 20.4. The van der Waals surface area contributed by atoms with Crippen LogP contribution in [-0.2, 0) is 11.3 Å². The molecule has 2 rings (SSSR count). The quantitative estimate of drug-likeness (QED) is 0.795. The maximum absolute atomic E-state index is 10.5. The van der Waals surface area contributed by atoms with Crippen LogP contribution in [0.5, 0.6) is 0 Å². The smallest absolute Gasteiger partial charge is 0.303 e. The highest BCUT2D eigenvalue weighted by atomic mass is 16.4. The van der Waals surface area contributed by atoms with E-state index in [-0.39, 0.29) is 6.42 Å². The van der Waals surface area contributed by atoms with Gasteiger partial charge in [-0.1, -0.05) is 0 Å². The van der Waals surface area contributed by atoms with Crippen LogP contribution in [0.2, 0.25) is 0 Å². The van der Waals surface area contributed by atoms with Crippen LogP contribution in [0.3, 0.4) is 0 Å². The maximum Gasteiger partial charge on any atom is 0.303 e. The topological polar surface area (TPSA) is 55.1 Å². The fourth-order valence-electron chi connectivity index (χ4n) is 2.10. The molecule has 0 bridgehead atoms. The number of rotatable bonds is 3. The molecule has 2 heterocycles. The molecule has 0 aliphatic carbocycles. The van der Waals surface area contributed by atoms with Crippen molar-refractivity contribution in [2.75, 3.05) is 0 Å². The minimum Gasteiger partial charge on any atom is -0.481 e. The molecular formula is C10H14N2O2. The summed E-state index contributed by atoms with van der Waals surface area (Å²) in [5.74, 6) is -0.316. The van der Waals surface area contributed by atoms with Crippen molar-refractivity contribution in [3.8, 4) is 0 Å². The van der Waals surface area contributed by atoms with Crippen molar-refractivity contribution in [2.24, 2.45) is 0 Å². The second-order valence-corrected chi connectivity index (χ2v) is 3.75. The first-order chi connectivity index (χ1) is 6.77. The van der Waals surface area contributed by atoms with E-state index in [2.05, 4.69) is 5.10 Å². The molecular weight excluding hydrogens is 180 g/mol. The average molecular weight is 194 g/mol. The van der Waals surface area contributed by atoms with E-state index in [9.17, 15) is 4.79 Å². The average Bonchev–Trinajstić information content (AvgIpc) is 2.62. The van der Waals surface area contributed by atoms with Crippen LogP contribution >= 0.6 is 0 Å². The van der Waals surface area contributed by atoms with E-state index in [1.807, 2.05) is 10.7 Å². The summed E-state index contributed by atoms with van der Waals surface area (Å²) >= 11 is 0. The van der Waals surface area contributed by atoms with Crippen molar-refractivity contribution >= 4 is 5.97 Å². The van der Waals surface area contributed by atoms with Crippen LogP contribution < -0.4 is 0 Å². The van der Waals surface area contributed by atoms with Crippen molar-refractivity contribution in [3.05, 3.63) is 18.0 Å². The van der Waals surface area contributed by atoms with Crippen molar-refractivity contribution < 1.29 is 9.90 Å². The van der Waals surface area contributed by atoms with Crippen molar-refractivity contribution in [1.82, 2.24) is 9.78 Å². The van der Waals surface area contributed by atoms with Crippen molar-refractivity contribution in [3.63, 3.8) is 0 Å². The van der Waals surface area contributed by atoms with Gasteiger partial charge in [0.25, 0.3) is 0 Å². The minimum absolute atomic E-state index is 0.260. The number of aliphatic carboxylic acids is 1. The number of nitrogens with zero attached hydrogens (tertiary/aromatic N) is 2. The van der Waals surface area contributed by atoms with Crippen LogP contribution in [0.1, 0.15) is 37.3 Å². The Hall–Kier alpha value is -1.32. The number of fused-ring (bicyclic) bond motifs is 1. The minimum atomic E-state index is -0.707. The number of hydrogen-bond acceptors (Lipinski definition) is 2. The first kappa shape index (κ1) is 9.24. The lowest BCUT2D eigenvalue weighted by Gasteiger charge is -2.22. The fourth-order valence-corrected chi connectivity index (χ4v) is 2.10. The van der Waals surface area contributed by atoms with Crippen LogP contribution in [0.15, 0.2) is 12.3 Å². The third-order valence-electron chi connectivity index (χ3n) is 2.80. The molecule has 1 aliphatic heterocycles. The van der Waals surface area contributed by atoms with Gasteiger partial charge in [0.2, 0.25) is 0 Å². The Bertz CT molecular complexity index is 333. The second kappa shape index (κ2) is 3.82. The van der Waals surface area contributed by atoms with E-state index < -0.39 is 5.97 Å². The third kappa shape index (κ3) is 1.78. The number of carboxylic acids is 1. The van der Waals surface area contributed by atoms with Gasteiger partial charge < -0.3 is 5.11 Å². The number of hydrogen-bond donors (Lipinski definition) is 1. The summed E-state index contributed by atoms with van der Waals surface area (Å²) in [4.78, 5) is 10.5. The Morgan fingerprint density at radius 1 is 1.71 bits per heavy atom. The van der Waals surface area contributed by atoms with Gasteiger partial charge in [0.05, 0.1) is 0 Å². The molecule has 0 fully saturated rings. The summed E-state index contributed by atoms with van der Waals surface area (Å²) in [7, 11) is 0. The summed E-state index contributed by atoms with van der Waals surface area (Å²) in [5.41, 5.74) is 1.21. The Morgan fingerprint density at radius 2 is 2.57 bits per heavy atom. The standard InChI is InChI=1S/C10H14N2O2/c13-10(14)4-3-8-2-1-7-12-9(8)5-6-11-12/h5-6,8H,1-4,7H2,(H,13,14). The molecule has 0 aromatic carbocycles. The summed E-state index contributed by atoms with van der Waals surface area (Å²) < 4.78 is 2.00. The van der Waals surface area contributed by atoms with Gasteiger partial charge >= 0.3 is 5.97 Å². The first-order valence-corrected chi connectivity index (χ1v) is 5.01. The molecule has 1 atom stereocenters. The predicted molar refractivity (Wildman–Crippen MR) is 51.1 cm³/mol. The van der Waals surface area contributed by atoms with Crippen LogP contribution in [-0.4, -0.2) is 20.9 Å². The van der Waals surface area contributed by atoms with Crippen LogP contribution in [0.4, 0.5) is 0 Å². The predicted octanol–water partition coefficient (Wildman–Crippen LogP) is 1.63. The van der Waals surface area contributed by atoms with E-state index in [0.29, 0.717) is 5.92 Å². The molecule has 4 heteroatoms. The van der Waals surface area contributed by atoms with Gasteiger partial charge in [-0.15, -0.1) is 0 Å². The molecule has 4 nitrogen and oxygen atoms in total. The Morgan fingerprint density at radius 3 is 3.36 bits per heavy atom. The molecule has 14 heavy (non-hydrogen) atoms. The SMILES string of the molecule is O=C(O)CCC1CCCn2nccc21. The molecule has 1 N–H and O–H groups in total. The Labute approximate surface area is 82.5 Å². The highest BCUT2D eigenvalue weighted by Gasteiger charge is 2.20. The summed E-state index contributed by atoms with van der Waals surface area (Å²) in [5, 5.41) is 12.8. The zero-order valence-electron chi connectivity index (χ0n) is 8.02. The van der Waals surface area contributed by atoms with Gasteiger partial charge in [0, 0.05) is 30.8 Å². The molecule has 1 unspecified atom stereocenters. The molecule has 76 valence electrons. The second-order valence-electron chi connectivity index (χ2n) is 3.75. The highest BCUT2D eigenvalue weighted by molar-refractivity contribution is 5.66. The number of aryl methyl sites for hydroxylation is 1. The third-order valence-corrected chi connectivity index (χ3v) is 2.80. The van der Waals surface area contributed by atoms with Gasteiger partial charge in [0.1, 0.15) is 0 Å². The fraction of sp³-hybridized carbons (Fsp3) is 0.600. The number of aromatic nitrogens is 2. The first-order valence-electron chi connectivity index (χ1n) is 5.01. The van der Waals surface area contributed by atoms with Gasteiger partial charge in [-0.25, -0.2) is 0 Å². The molecule has 0 spiro atoms. The largest absolute Gasteiger partial charge is 0.481 e. The van der Waals surface area contributed by atoms with Crippen LogP contribution in [0.25, 0.3) is 0 Å². The maximum atomic E-state index is 10.5.